The predicted octanol–water partition coefficient (Wildman–Crippen LogP) is 1.94. The van der Waals surface area contributed by atoms with Gasteiger partial charge in [0.2, 0.25) is 10.0 Å². The minimum absolute atomic E-state index is 0. The van der Waals surface area contributed by atoms with Crippen LogP contribution >= 0.6 is 24.0 Å². The Labute approximate surface area is 198 Å². The smallest absolute Gasteiger partial charge is 0.208 e. The van der Waals surface area contributed by atoms with Crippen LogP contribution in [0.1, 0.15) is 37.3 Å². The highest BCUT2D eigenvalue weighted by atomic mass is 127. The van der Waals surface area contributed by atoms with Gasteiger partial charge in [-0.3, -0.25) is 9.89 Å². The fourth-order valence-corrected chi connectivity index (χ4v) is 4.00. The molecule has 1 aromatic carbocycles. The molecule has 8 nitrogen and oxygen atoms in total. The summed E-state index contributed by atoms with van der Waals surface area (Å²) < 4.78 is 30.0. The van der Waals surface area contributed by atoms with Crippen molar-refractivity contribution in [2.75, 3.05) is 53.1 Å². The highest BCUT2D eigenvalue weighted by molar-refractivity contribution is 14.0. The van der Waals surface area contributed by atoms with E-state index in [9.17, 15) is 8.42 Å². The molecule has 1 heterocycles. The van der Waals surface area contributed by atoms with Crippen LogP contribution in [0, 0.1) is 0 Å². The second-order valence-electron chi connectivity index (χ2n) is 7.29. The first-order chi connectivity index (χ1) is 13.9. The number of hydrogen-bond donors (Lipinski definition) is 3. The summed E-state index contributed by atoms with van der Waals surface area (Å²) in [6.45, 7) is 3.99. The minimum Gasteiger partial charge on any atom is -0.497 e. The second-order valence-corrected chi connectivity index (χ2v) is 9.12. The van der Waals surface area contributed by atoms with Crippen LogP contribution < -0.4 is 20.1 Å². The van der Waals surface area contributed by atoms with Crippen molar-refractivity contribution in [2.24, 2.45) is 4.99 Å². The Morgan fingerprint density at radius 2 is 1.80 bits per heavy atom. The second kappa shape index (κ2) is 14.0. The van der Waals surface area contributed by atoms with Crippen molar-refractivity contribution in [2.45, 2.75) is 31.7 Å². The first kappa shape index (κ1) is 26.9. The van der Waals surface area contributed by atoms with Crippen LogP contribution in [0.2, 0.25) is 0 Å². The summed E-state index contributed by atoms with van der Waals surface area (Å²) in [5, 5.41) is 6.68. The van der Waals surface area contributed by atoms with Gasteiger partial charge in [0.15, 0.2) is 5.96 Å². The molecule has 0 amide bonds. The molecule has 1 fully saturated rings. The van der Waals surface area contributed by atoms with Gasteiger partial charge in [0.05, 0.1) is 19.4 Å². The van der Waals surface area contributed by atoms with E-state index in [1.54, 1.807) is 14.2 Å². The van der Waals surface area contributed by atoms with Crippen LogP contribution in [0.3, 0.4) is 0 Å². The molecule has 0 spiro atoms. The highest BCUT2D eigenvalue weighted by Crippen LogP contribution is 2.25. The zero-order valence-electron chi connectivity index (χ0n) is 18.2. The number of guanidine groups is 1. The summed E-state index contributed by atoms with van der Waals surface area (Å²) in [5.41, 5.74) is 1.26. The lowest BCUT2D eigenvalue weighted by Crippen LogP contribution is -2.45. The monoisotopic (exact) mass is 553 g/mol. The maximum absolute atomic E-state index is 11.1. The quantitative estimate of drug-likeness (QED) is 0.178. The molecule has 172 valence electrons. The number of benzene rings is 1. The number of halogens is 1. The Morgan fingerprint density at radius 3 is 2.37 bits per heavy atom. The molecule has 30 heavy (non-hydrogen) atoms. The maximum atomic E-state index is 11.1. The van der Waals surface area contributed by atoms with Crippen molar-refractivity contribution in [3.63, 3.8) is 0 Å². The Balaban J connectivity index is 0.00000450. The number of rotatable bonds is 10. The number of sulfonamides is 1. The Hall–Kier alpha value is -1.11. The average Bonchev–Trinajstić information content (AvgIpc) is 2.72. The molecule has 1 saturated heterocycles. The number of hydrogen-bond acceptors (Lipinski definition) is 5. The van der Waals surface area contributed by atoms with Gasteiger partial charge < -0.3 is 15.4 Å². The number of piperidine rings is 1. The Morgan fingerprint density at radius 1 is 1.13 bits per heavy atom. The lowest BCUT2D eigenvalue weighted by Gasteiger charge is -2.35. The van der Waals surface area contributed by atoms with Crippen LogP contribution in [-0.2, 0) is 10.0 Å². The summed E-state index contributed by atoms with van der Waals surface area (Å²) in [6, 6.07) is 8.54. The third-order valence-electron chi connectivity index (χ3n) is 5.03. The van der Waals surface area contributed by atoms with Crippen LogP contribution in [0.5, 0.6) is 5.75 Å². The van der Waals surface area contributed by atoms with E-state index in [4.69, 9.17) is 4.74 Å². The van der Waals surface area contributed by atoms with Gasteiger partial charge in [-0.2, -0.15) is 0 Å². The van der Waals surface area contributed by atoms with E-state index in [0.717, 1.165) is 31.3 Å². The maximum Gasteiger partial charge on any atom is 0.208 e. The largest absolute Gasteiger partial charge is 0.497 e. The van der Waals surface area contributed by atoms with Gasteiger partial charge >= 0.3 is 0 Å². The molecule has 10 heteroatoms. The van der Waals surface area contributed by atoms with Gasteiger partial charge in [-0.15, -0.1) is 24.0 Å². The molecule has 0 aliphatic carbocycles. The van der Waals surface area contributed by atoms with Crippen molar-refractivity contribution >= 4 is 40.0 Å². The molecule has 1 unspecified atom stereocenters. The van der Waals surface area contributed by atoms with Crippen LogP contribution in [0.25, 0.3) is 0 Å². The van der Waals surface area contributed by atoms with Gasteiger partial charge in [0, 0.05) is 26.7 Å². The van der Waals surface area contributed by atoms with Gasteiger partial charge in [-0.25, -0.2) is 13.1 Å². The Bertz CT molecular complexity index is 737. The molecule has 1 aliphatic heterocycles. The molecule has 1 aliphatic rings. The van der Waals surface area contributed by atoms with Crippen LogP contribution in [-0.4, -0.2) is 72.4 Å². The van der Waals surface area contributed by atoms with Crippen LogP contribution in [0.4, 0.5) is 0 Å². The number of likely N-dealkylation sites (tertiary alicyclic amines) is 1. The highest BCUT2D eigenvalue weighted by Gasteiger charge is 2.22. The topological polar surface area (TPSA) is 95.1 Å². The third-order valence-corrected chi connectivity index (χ3v) is 5.76. The van der Waals surface area contributed by atoms with Crippen molar-refractivity contribution in [1.82, 2.24) is 20.3 Å². The first-order valence-electron chi connectivity index (χ1n) is 10.2. The van der Waals surface area contributed by atoms with E-state index in [2.05, 4.69) is 37.4 Å². The normalized spacial score (nSPS) is 16.4. The van der Waals surface area contributed by atoms with E-state index < -0.39 is 10.0 Å². The number of nitrogens with one attached hydrogen (secondary N) is 3. The van der Waals surface area contributed by atoms with Crippen LogP contribution in [0.15, 0.2) is 29.3 Å². The summed E-state index contributed by atoms with van der Waals surface area (Å²) in [7, 11) is 0.286. The van der Waals surface area contributed by atoms with Crippen molar-refractivity contribution < 1.29 is 13.2 Å². The molecule has 0 radical (unpaired) electrons. The first-order valence-corrected chi connectivity index (χ1v) is 12.1. The zero-order valence-corrected chi connectivity index (χ0v) is 21.3. The molecular weight excluding hydrogens is 517 g/mol. The standard InChI is InChI=1S/C20H35N5O3S.HI/c1-21-20(22-12-7-13-24-29(3,26)27)23-16-19(25-14-5-4-6-15-25)17-8-10-18(28-2)11-9-17;/h8-11,19,24H,4-7,12-16H2,1-3H3,(H2,21,22,23);1H. The zero-order chi connectivity index (χ0) is 21.1. The fraction of sp³-hybridized carbons (Fsp3) is 0.650. The summed E-state index contributed by atoms with van der Waals surface area (Å²) >= 11 is 0. The van der Waals surface area contributed by atoms with Gasteiger partial charge in [0.1, 0.15) is 5.75 Å². The van der Waals surface area contributed by atoms with Gasteiger partial charge in [0.25, 0.3) is 0 Å². The van der Waals surface area contributed by atoms with Gasteiger partial charge in [-0.1, -0.05) is 18.6 Å². The lowest BCUT2D eigenvalue weighted by molar-refractivity contribution is 0.164. The third kappa shape index (κ3) is 9.80. The molecule has 0 bridgehead atoms. The van der Waals surface area contributed by atoms with Gasteiger partial charge in [-0.05, 0) is 50.0 Å². The summed E-state index contributed by atoms with van der Waals surface area (Å²) in [4.78, 5) is 6.82. The fourth-order valence-electron chi connectivity index (χ4n) is 3.48. The predicted molar refractivity (Wildman–Crippen MR) is 133 cm³/mol. The van der Waals surface area contributed by atoms with E-state index in [1.807, 2.05) is 12.1 Å². The molecule has 1 atom stereocenters. The molecular formula is C20H36IN5O3S. The SMILES string of the molecule is CN=C(NCCCNS(C)(=O)=O)NCC(c1ccc(OC)cc1)N1CCCCC1.I. The van der Waals surface area contributed by atoms with E-state index >= 15 is 0 Å². The number of aliphatic imine (C=N–C) groups is 1. The molecule has 1 aromatic rings. The molecule has 0 saturated carbocycles. The molecule has 2 rings (SSSR count). The summed E-state index contributed by atoms with van der Waals surface area (Å²) in [6.07, 6.45) is 5.60. The number of nitrogens with zero attached hydrogens (tertiary/aromatic N) is 2. The van der Waals surface area contributed by atoms with Crippen molar-refractivity contribution in [1.29, 1.82) is 0 Å². The average molecular weight is 554 g/mol. The van der Waals surface area contributed by atoms with E-state index in [0.29, 0.717) is 19.5 Å². The number of methoxy groups -OCH3 is 1. The lowest BCUT2D eigenvalue weighted by atomic mass is 10.0. The van der Waals surface area contributed by atoms with Crippen molar-refractivity contribution in [3.05, 3.63) is 29.8 Å². The van der Waals surface area contributed by atoms with Crippen molar-refractivity contribution in [3.8, 4) is 5.75 Å². The molecule has 3 N–H and O–H groups in total. The Kier molecular flexibility index (Phi) is 12.6. The number of ether oxygens (including phenoxy) is 1. The van der Waals surface area contributed by atoms with E-state index in [-0.39, 0.29) is 30.0 Å². The molecule has 0 aromatic heterocycles. The van der Waals surface area contributed by atoms with E-state index in [1.165, 1.54) is 31.1 Å². The minimum atomic E-state index is -3.14. The summed E-state index contributed by atoms with van der Waals surface area (Å²) in [5.74, 6) is 1.58.